The molecule has 1 aliphatic heterocycles. The number of nitrogens with zero attached hydrogens (tertiary/aromatic N) is 1. The summed E-state index contributed by atoms with van der Waals surface area (Å²) < 4.78 is 58.0. The summed E-state index contributed by atoms with van der Waals surface area (Å²) in [7, 11) is 0. The summed E-state index contributed by atoms with van der Waals surface area (Å²) in [4.78, 5) is 40.0. The van der Waals surface area contributed by atoms with Gasteiger partial charge < -0.3 is 19.1 Å². The maximum absolute atomic E-state index is 13.7. The predicted octanol–water partition coefficient (Wildman–Crippen LogP) is 4.93. The van der Waals surface area contributed by atoms with Gasteiger partial charge in [-0.15, -0.1) is 0 Å². The van der Waals surface area contributed by atoms with Gasteiger partial charge in [-0.3, -0.25) is 9.59 Å². The first-order valence-electron chi connectivity index (χ1n) is 12.6. The van der Waals surface area contributed by atoms with Crippen LogP contribution in [0.1, 0.15) is 70.7 Å². The van der Waals surface area contributed by atoms with E-state index in [1.54, 1.807) is 65.0 Å². The van der Waals surface area contributed by atoms with E-state index in [1.165, 1.54) is 0 Å². The van der Waals surface area contributed by atoms with Gasteiger partial charge in [0.15, 0.2) is 0 Å². The molecule has 206 valence electrons. The normalized spacial score (nSPS) is 27.3. The maximum atomic E-state index is 13.7. The summed E-state index contributed by atoms with van der Waals surface area (Å²) in [5.41, 5.74) is -2.00. The molecule has 37 heavy (non-hydrogen) atoms. The maximum Gasteiger partial charge on any atom is 0.471 e. The third-order valence-electron chi connectivity index (χ3n) is 7.22. The summed E-state index contributed by atoms with van der Waals surface area (Å²) >= 11 is 0. The fourth-order valence-corrected chi connectivity index (χ4v) is 5.32. The summed E-state index contributed by atoms with van der Waals surface area (Å²) in [5.74, 6) is -3.55. The number of hydrogen-bond acceptors (Lipinski definition) is 6. The van der Waals surface area contributed by atoms with E-state index in [4.69, 9.17) is 14.2 Å². The molecule has 10 heteroatoms. The van der Waals surface area contributed by atoms with Crippen molar-refractivity contribution in [3.63, 3.8) is 0 Å². The van der Waals surface area contributed by atoms with Crippen molar-refractivity contribution in [3.8, 4) is 0 Å². The Hall–Kier alpha value is -2.62. The predicted molar refractivity (Wildman–Crippen MR) is 129 cm³/mol. The molecule has 4 unspecified atom stereocenters. The highest BCUT2D eigenvalue weighted by Gasteiger charge is 2.57. The lowest BCUT2D eigenvalue weighted by Gasteiger charge is -2.43. The number of rotatable bonds is 6. The fourth-order valence-electron chi connectivity index (χ4n) is 5.32. The number of benzene rings is 1. The van der Waals surface area contributed by atoms with Gasteiger partial charge >= 0.3 is 24.0 Å². The summed E-state index contributed by atoms with van der Waals surface area (Å²) in [6.07, 6.45) is -5.68. The second-order valence-electron chi connectivity index (χ2n) is 11.1. The van der Waals surface area contributed by atoms with Gasteiger partial charge in [0.05, 0.1) is 12.2 Å². The van der Waals surface area contributed by atoms with Crippen LogP contribution in [0, 0.1) is 11.3 Å². The van der Waals surface area contributed by atoms with Crippen LogP contribution in [0.5, 0.6) is 0 Å². The third kappa shape index (κ3) is 6.64. The molecule has 7 nitrogen and oxygen atoms in total. The van der Waals surface area contributed by atoms with Crippen LogP contribution in [0.25, 0.3) is 0 Å². The second kappa shape index (κ2) is 11.0. The van der Waals surface area contributed by atoms with Crippen LogP contribution in [0.2, 0.25) is 0 Å². The highest BCUT2D eigenvalue weighted by molar-refractivity contribution is 5.90. The van der Waals surface area contributed by atoms with Gasteiger partial charge in [-0.25, -0.2) is 4.79 Å². The molecule has 1 heterocycles. The van der Waals surface area contributed by atoms with Crippen LogP contribution in [0.4, 0.5) is 13.2 Å². The SMILES string of the molecule is CC1COCCC1N(C(=O)C(F)(F)F)C1CC[C@@](C(=O)OC(C)(C)C)(C(C)OC(=O)c2ccccc2)C1. The number of halogens is 3. The number of carbonyl (C=O) groups excluding carboxylic acids is 3. The molecular formula is C27H36F3NO6. The van der Waals surface area contributed by atoms with E-state index in [-0.39, 0.29) is 50.4 Å². The van der Waals surface area contributed by atoms with E-state index in [0.717, 1.165) is 4.90 Å². The van der Waals surface area contributed by atoms with E-state index in [1.807, 2.05) is 0 Å². The first-order chi connectivity index (χ1) is 17.2. The molecule has 1 aliphatic carbocycles. The minimum atomic E-state index is -5.07. The highest BCUT2D eigenvalue weighted by Crippen LogP contribution is 2.48. The number of alkyl halides is 3. The van der Waals surface area contributed by atoms with Gasteiger partial charge in [-0.1, -0.05) is 25.1 Å². The molecule has 1 aromatic rings. The molecule has 1 saturated carbocycles. The van der Waals surface area contributed by atoms with Crippen LogP contribution in [-0.4, -0.2) is 65.9 Å². The fraction of sp³-hybridized carbons (Fsp3) is 0.667. The molecule has 1 saturated heterocycles. The Labute approximate surface area is 215 Å². The molecule has 1 aromatic carbocycles. The summed E-state index contributed by atoms with van der Waals surface area (Å²) in [6.45, 7) is 8.85. The zero-order valence-electron chi connectivity index (χ0n) is 22.0. The van der Waals surface area contributed by atoms with Gasteiger partial charge in [0.25, 0.3) is 0 Å². The van der Waals surface area contributed by atoms with Crippen LogP contribution in [0.3, 0.4) is 0 Å². The van der Waals surface area contributed by atoms with Crippen molar-refractivity contribution in [2.24, 2.45) is 11.3 Å². The van der Waals surface area contributed by atoms with Crippen molar-refractivity contribution < 1.29 is 41.8 Å². The quantitative estimate of drug-likeness (QED) is 0.488. The molecule has 2 fully saturated rings. The Morgan fingerprint density at radius 2 is 1.76 bits per heavy atom. The molecule has 0 radical (unpaired) electrons. The number of ether oxygens (including phenoxy) is 3. The van der Waals surface area contributed by atoms with Crippen molar-refractivity contribution in [1.29, 1.82) is 0 Å². The van der Waals surface area contributed by atoms with Gasteiger partial charge in [-0.05, 0) is 65.5 Å². The Balaban J connectivity index is 1.95. The summed E-state index contributed by atoms with van der Waals surface area (Å²) in [6, 6.07) is 6.66. The lowest BCUT2D eigenvalue weighted by atomic mass is 9.80. The minimum absolute atomic E-state index is 0.106. The van der Waals surface area contributed by atoms with Gasteiger partial charge in [0, 0.05) is 24.6 Å². The first-order valence-corrected chi connectivity index (χ1v) is 12.6. The molecule has 1 amide bonds. The average Bonchev–Trinajstić information content (AvgIpc) is 3.26. The molecule has 2 aliphatic rings. The number of amides is 1. The van der Waals surface area contributed by atoms with Gasteiger partial charge in [0.2, 0.25) is 0 Å². The van der Waals surface area contributed by atoms with Crippen LogP contribution >= 0.6 is 0 Å². The van der Waals surface area contributed by atoms with E-state index in [2.05, 4.69) is 0 Å². The van der Waals surface area contributed by atoms with Crippen molar-refractivity contribution in [3.05, 3.63) is 35.9 Å². The Morgan fingerprint density at radius 1 is 1.11 bits per heavy atom. The van der Waals surface area contributed by atoms with Crippen LogP contribution in [0.15, 0.2) is 30.3 Å². The lowest BCUT2D eigenvalue weighted by Crippen LogP contribution is -2.56. The number of esters is 2. The molecular weight excluding hydrogens is 491 g/mol. The monoisotopic (exact) mass is 527 g/mol. The zero-order chi connectivity index (χ0) is 27.6. The number of carbonyl (C=O) groups is 3. The largest absolute Gasteiger partial charge is 0.471 e. The van der Waals surface area contributed by atoms with E-state index in [9.17, 15) is 27.6 Å². The standard InChI is InChI=1S/C27H36F3NO6/c1-17-16-35-14-12-21(17)31(23(33)27(28,29)30)20-11-13-26(15-20,24(34)37-25(3,4)5)18(2)36-22(32)19-9-7-6-8-10-19/h6-10,17-18,20-21H,11-16H2,1-5H3/t17?,18?,20?,21?,26-/m0/s1. The van der Waals surface area contributed by atoms with Crippen molar-refractivity contribution in [2.45, 2.75) is 90.3 Å². The smallest absolute Gasteiger partial charge is 0.459 e. The van der Waals surface area contributed by atoms with Crippen LogP contribution < -0.4 is 0 Å². The molecule has 0 N–H and O–H groups in total. The Bertz CT molecular complexity index is 977. The van der Waals surface area contributed by atoms with E-state index in [0.29, 0.717) is 0 Å². The Kier molecular flexibility index (Phi) is 8.61. The molecule has 3 rings (SSSR count). The topological polar surface area (TPSA) is 82.1 Å². The highest BCUT2D eigenvalue weighted by atomic mass is 19.4. The molecule has 0 bridgehead atoms. The van der Waals surface area contributed by atoms with Crippen molar-refractivity contribution >= 4 is 17.8 Å². The third-order valence-corrected chi connectivity index (χ3v) is 7.22. The zero-order valence-corrected chi connectivity index (χ0v) is 22.0. The van der Waals surface area contributed by atoms with Gasteiger partial charge in [-0.2, -0.15) is 13.2 Å². The van der Waals surface area contributed by atoms with Crippen LogP contribution in [-0.2, 0) is 23.8 Å². The minimum Gasteiger partial charge on any atom is -0.459 e. The van der Waals surface area contributed by atoms with Gasteiger partial charge in [0.1, 0.15) is 17.1 Å². The number of hydrogen-bond donors (Lipinski definition) is 0. The average molecular weight is 528 g/mol. The Morgan fingerprint density at radius 3 is 2.32 bits per heavy atom. The second-order valence-corrected chi connectivity index (χ2v) is 11.1. The van der Waals surface area contributed by atoms with Crippen molar-refractivity contribution in [1.82, 2.24) is 4.90 Å². The van der Waals surface area contributed by atoms with Crippen molar-refractivity contribution in [2.75, 3.05) is 13.2 Å². The van der Waals surface area contributed by atoms with E-state index >= 15 is 0 Å². The summed E-state index contributed by atoms with van der Waals surface area (Å²) in [5, 5.41) is 0. The molecule has 0 spiro atoms. The first kappa shape index (κ1) is 28.9. The molecule has 5 atom stereocenters. The lowest BCUT2D eigenvalue weighted by molar-refractivity contribution is -0.195. The molecule has 0 aromatic heterocycles. The van der Waals surface area contributed by atoms with E-state index < -0.39 is 53.2 Å².